The molecule has 98 valence electrons. The van der Waals surface area contributed by atoms with Crippen molar-refractivity contribution >= 4 is 17.3 Å². The topological polar surface area (TPSA) is 45.0 Å². The molecule has 0 saturated carbocycles. The summed E-state index contributed by atoms with van der Waals surface area (Å²) in [4.78, 5) is 0. The van der Waals surface area contributed by atoms with E-state index in [0.717, 1.165) is 0 Å². The van der Waals surface area contributed by atoms with Gasteiger partial charge >= 0.3 is 6.18 Å². The van der Waals surface area contributed by atoms with Crippen molar-refractivity contribution in [2.45, 2.75) is 6.18 Å². The Morgan fingerprint density at radius 3 is 2.67 bits per heavy atom. The molecule has 0 aliphatic rings. The van der Waals surface area contributed by atoms with Crippen LogP contribution in [0.3, 0.4) is 0 Å². The molecule has 0 fully saturated rings. The summed E-state index contributed by atoms with van der Waals surface area (Å²) in [7, 11) is 1.39. The molecular weight excluding hydrogens is 269 g/mol. The lowest BCUT2D eigenvalue weighted by molar-refractivity contribution is -0.155. The molecular formula is C11H10ClF3N2O. The predicted molar refractivity (Wildman–Crippen MR) is 61.7 cm³/mol. The largest absolute Gasteiger partial charge is 0.495 e. The van der Waals surface area contributed by atoms with Gasteiger partial charge < -0.3 is 10.1 Å². The van der Waals surface area contributed by atoms with Crippen LogP contribution in [0, 0.1) is 17.2 Å². The predicted octanol–water partition coefficient (Wildman–Crippen LogP) is 3.46. The molecule has 7 heteroatoms. The van der Waals surface area contributed by atoms with Gasteiger partial charge in [0, 0.05) is 11.6 Å². The fourth-order valence-electron chi connectivity index (χ4n) is 1.26. The number of nitrogens with one attached hydrogen (secondary N) is 1. The minimum Gasteiger partial charge on any atom is -0.495 e. The van der Waals surface area contributed by atoms with Gasteiger partial charge in [0.15, 0.2) is 5.92 Å². The van der Waals surface area contributed by atoms with Crippen LogP contribution in [-0.4, -0.2) is 19.8 Å². The number of anilines is 1. The SMILES string of the molecule is COc1ccc(Cl)cc1NCC(C#N)C(F)(F)F. The number of ether oxygens (including phenoxy) is 1. The first-order valence-corrected chi connectivity index (χ1v) is 5.30. The lowest BCUT2D eigenvalue weighted by Gasteiger charge is -2.16. The number of benzene rings is 1. The van der Waals surface area contributed by atoms with Gasteiger partial charge in [0.25, 0.3) is 0 Å². The van der Waals surface area contributed by atoms with E-state index >= 15 is 0 Å². The molecule has 1 aromatic rings. The van der Waals surface area contributed by atoms with Crippen molar-refractivity contribution in [3.05, 3.63) is 23.2 Å². The van der Waals surface area contributed by atoms with Crippen molar-refractivity contribution in [3.8, 4) is 11.8 Å². The Kier molecular flexibility index (Phi) is 4.68. The summed E-state index contributed by atoms with van der Waals surface area (Å²) in [5, 5.41) is 11.3. The van der Waals surface area contributed by atoms with Crippen molar-refractivity contribution in [2.24, 2.45) is 5.92 Å². The average Bonchev–Trinajstić information content (AvgIpc) is 2.28. The summed E-state index contributed by atoms with van der Waals surface area (Å²) in [5.74, 6) is -1.72. The Balaban J connectivity index is 2.80. The first-order valence-electron chi connectivity index (χ1n) is 4.92. The average molecular weight is 279 g/mol. The first kappa shape index (κ1) is 14.5. The van der Waals surface area contributed by atoms with Gasteiger partial charge in [0.2, 0.25) is 0 Å². The first-order chi connectivity index (χ1) is 8.38. The Morgan fingerprint density at radius 2 is 2.17 bits per heavy atom. The molecule has 1 N–H and O–H groups in total. The summed E-state index contributed by atoms with van der Waals surface area (Å²) >= 11 is 5.73. The lowest BCUT2D eigenvalue weighted by atomic mass is 10.1. The van der Waals surface area contributed by atoms with Crippen molar-refractivity contribution in [2.75, 3.05) is 19.0 Å². The van der Waals surface area contributed by atoms with Crippen molar-refractivity contribution in [3.63, 3.8) is 0 Å². The van der Waals surface area contributed by atoms with Gasteiger partial charge in [0.05, 0.1) is 18.9 Å². The molecule has 1 rings (SSSR count). The zero-order valence-electron chi connectivity index (χ0n) is 9.38. The van der Waals surface area contributed by atoms with Gasteiger partial charge in [0.1, 0.15) is 5.75 Å². The quantitative estimate of drug-likeness (QED) is 0.917. The van der Waals surface area contributed by atoms with Crippen LogP contribution >= 0.6 is 11.6 Å². The number of methoxy groups -OCH3 is 1. The van der Waals surface area contributed by atoms with Gasteiger partial charge in [-0.2, -0.15) is 18.4 Å². The molecule has 0 saturated heterocycles. The number of hydrogen-bond acceptors (Lipinski definition) is 3. The third kappa shape index (κ3) is 3.70. The van der Waals surface area contributed by atoms with Crippen LogP contribution in [0.1, 0.15) is 0 Å². The smallest absolute Gasteiger partial charge is 0.406 e. The van der Waals surface area contributed by atoms with Crippen molar-refractivity contribution in [1.82, 2.24) is 0 Å². The van der Waals surface area contributed by atoms with E-state index in [1.807, 2.05) is 0 Å². The third-order valence-electron chi connectivity index (χ3n) is 2.21. The molecule has 3 nitrogen and oxygen atoms in total. The van der Waals surface area contributed by atoms with E-state index in [-0.39, 0.29) is 0 Å². The molecule has 0 radical (unpaired) electrons. The second-order valence-electron chi connectivity index (χ2n) is 3.45. The molecule has 0 aliphatic heterocycles. The number of hydrogen-bond donors (Lipinski definition) is 1. The van der Waals surface area contributed by atoms with Gasteiger partial charge in [-0.1, -0.05) is 11.6 Å². The van der Waals surface area contributed by atoms with Crippen LogP contribution in [0.5, 0.6) is 5.75 Å². The second-order valence-corrected chi connectivity index (χ2v) is 3.89. The molecule has 0 aliphatic carbocycles. The third-order valence-corrected chi connectivity index (χ3v) is 2.44. The number of nitriles is 1. The summed E-state index contributed by atoms with van der Waals surface area (Å²) < 4.78 is 42.1. The second kappa shape index (κ2) is 5.83. The van der Waals surface area contributed by atoms with Crippen molar-refractivity contribution in [1.29, 1.82) is 5.26 Å². The molecule has 1 atom stereocenters. The maximum atomic E-state index is 12.4. The minimum atomic E-state index is -4.56. The highest BCUT2D eigenvalue weighted by Gasteiger charge is 2.39. The lowest BCUT2D eigenvalue weighted by Crippen LogP contribution is -2.28. The molecule has 1 aromatic carbocycles. The van der Waals surface area contributed by atoms with Gasteiger partial charge in [-0.3, -0.25) is 0 Å². The fraction of sp³-hybridized carbons (Fsp3) is 0.364. The van der Waals surface area contributed by atoms with Crippen LogP contribution in [0.4, 0.5) is 18.9 Å². The molecule has 0 bridgehead atoms. The summed E-state index contributed by atoms with van der Waals surface area (Å²) in [6, 6.07) is 5.72. The van der Waals surface area contributed by atoms with E-state index in [1.165, 1.54) is 25.3 Å². The zero-order chi connectivity index (χ0) is 13.8. The van der Waals surface area contributed by atoms with Crippen LogP contribution in [-0.2, 0) is 0 Å². The highest BCUT2D eigenvalue weighted by molar-refractivity contribution is 6.30. The minimum absolute atomic E-state index is 0.314. The van der Waals surface area contributed by atoms with Crippen LogP contribution in [0.15, 0.2) is 18.2 Å². The van der Waals surface area contributed by atoms with E-state index < -0.39 is 18.6 Å². The molecule has 0 spiro atoms. The molecule has 1 unspecified atom stereocenters. The Morgan fingerprint density at radius 1 is 1.50 bits per heavy atom. The molecule has 0 aromatic heterocycles. The maximum absolute atomic E-state index is 12.4. The highest BCUT2D eigenvalue weighted by atomic mass is 35.5. The van der Waals surface area contributed by atoms with Crippen LogP contribution in [0.2, 0.25) is 5.02 Å². The van der Waals surface area contributed by atoms with E-state index in [9.17, 15) is 13.2 Å². The van der Waals surface area contributed by atoms with E-state index in [0.29, 0.717) is 16.5 Å². The summed E-state index contributed by atoms with van der Waals surface area (Å²) in [6.45, 7) is -0.559. The number of halogens is 4. The summed E-state index contributed by atoms with van der Waals surface area (Å²) in [5.41, 5.74) is 0.314. The van der Waals surface area contributed by atoms with Gasteiger partial charge in [-0.05, 0) is 18.2 Å². The van der Waals surface area contributed by atoms with Crippen LogP contribution in [0.25, 0.3) is 0 Å². The van der Waals surface area contributed by atoms with E-state index in [1.54, 1.807) is 6.07 Å². The van der Waals surface area contributed by atoms with Crippen LogP contribution < -0.4 is 10.1 Å². The molecule has 0 amide bonds. The highest BCUT2D eigenvalue weighted by Crippen LogP contribution is 2.30. The standard InChI is InChI=1S/C11H10ClF3N2O/c1-18-10-3-2-8(12)4-9(10)17-6-7(5-16)11(13,14)15/h2-4,7,17H,6H2,1H3. The van der Waals surface area contributed by atoms with E-state index in [2.05, 4.69) is 5.32 Å². The number of alkyl halides is 3. The zero-order valence-corrected chi connectivity index (χ0v) is 10.1. The Bertz CT molecular complexity index is 457. The van der Waals surface area contributed by atoms with E-state index in [4.69, 9.17) is 21.6 Å². The van der Waals surface area contributed by atoms with Crippen molar-refractivity contribution < 1.29 is 17.9 Å². The molecule has 18 heavy (non-hydrogen) atoms. The Labute approximate surface area is 107 Å². The molecule has 0 heterocycles. The Hall–Kier alpha value is -1.61. The monoisotopic (exact) mass is 278 g/mol. The summed E-state index contributed by atoms with van der Waals surface area (Å²) in [6.07, 6.45) is -4.56. The normalized spacial score (nSPS) is 12.7. The van der Waals surface area contributed by atoms with Gasteiger partial charge in [-0.15, -0.1) is 0 Å². The number of nitrogens with zero attached hydrogens (tertiary/aromatic N) is 1. The number of rotatable bonds is 4. The van der Waals surface area contributed by atoms with Gasteiger partial charge in [-0.25, -0.2) is 0 Å². The fourth-order valence-corrected chi connectivity index (χ4v) is 1.44. The maximum Gasteiger partial charge on any atom is 0.406 e.